The van der Waals surface area contributed by atoms with Crippen LogP contribution in [0.3, 0.4) is 0 Å². The number of nitro groups is 1. The van der Waals surface area contributed by atoms with Crippen molar-refractivity contribution in [1.82, 2.24) is 4.98 Å². The molecule has 2 rings (SSSR count). The van der Waals surface area contributed by atoms with E-state index in [-0.39, 0.29) is 23.3 Å². The second-order valence-corrected chi connectivity index (χ2v) is 5.57. The lowest BCUT2D eigenvalue weighted by Crippen LogP contribution is -2.32. The summed E-state index contributed by atoms with van der Waals surface area (Å²) >= 11 is 0. The molecule has 0 aliphatic rings. The first-order valence-electron chi connectivity index (χ1n) is 6.33. The molecule has 0 saturated heterocycles. The lowest BCUT2D eigenvalue weighted by atomic mass is 9.82. The minimum Gasteiger partial charge on any atom is -0.440 e. The van der Waals surface area contributed by atoms with Crippen molar-refractivity contribution in [2.24, 2.45) is 5.92 Å². The molecule has 0 radical (unpaired) electrons. The Morgan fingerprint density at radius 2 is 2.05 bits per heavy atom. The van der Waals surface area contributed by atoms with Crippen LogP contribution in [0.5, 0.6) is 0 Å². The van der Waals surface area contributed by atoms with Crippen molar-refractivity contribution in [3.05, 3.63) is 34.2 Å². The number of non-ortho nitro benzene ring substituents is 1. The van der Waals surface area contributed by atoms with Crippen LogP contribution >= 0.6 is 0 Å². The summed E-state index contributed by atoms with van der Waals surface area (Å²) in [5.41, 5.74) is -0.0819. The second-order valence-electron chi connectivity index (χ2n) is 5.57. The highest BCUT2D eigenvalue weighted by Gasteiger charge is 2.36. The minimum atomic E-state index is -0.859. The first-order chi connectivity index (χ1) is 9.23. The van der Waals surface area contributed by atoms with E-state index in [1.165, 1.54) is 18.2 Å². The van der Waals surface area contributed by atoms with E-state index >= 15 is 0 Å². The molecule has 0 aliphatic heterocycles. The van der Waals surface area contributed by atoms with Gasteiger partial charge in [0.25, 0.3) is 5.69 Å². The molecular weight excluding hydrogens is 260 g/mol. The Bertz CT molecular complexity index is 686. The number of carbonyl (C=O) groups excluding carboxylic acids is 1. The smallest absolute Gasteiger partial charge is 0.271 e. The van der Waals surface area contributed by atoms with E-state index in [1.54, 1.807) is 13.8 Å². The fourth-order valence-corrected chi connectivity index (χ4v) is 2.12. The average molecular weight is 276 g/mol. The molecule has 106 valence electrons. The molecule has 1 aromatic carbocycles. The van der Waals surface area contributed by atoms with Crippen LogP contribution in [-0.4, -0.2) is 15.7 Å². The van der Waals surface area contributed by atoms with Gasteiger partial charge in [-0.3, -0.25) is 14.9 Å². The van der Waals surface area contributed by atoms with Gasteiger partial charge in [-0.25, -0.2) is 4.98 Å². The van der Waals surface area contributed by atoms with Crippen molar-refractivity contribution in [2.75, 3.05) is 0 Å². The Morgan fingerprint density at radius 1 is 1.40 bits per heavy atom. The highest BCUT2D eigenvalue weighted by molar-refractivity contribution is 5.90. The number of nitrogens with zero attached hydrogens (tertiary/aromatic N) is 2. The van der Waals surface area contributed by atoms with E-state index in [9.17, 15) is 14.9 Å². The molecule has 6 nitrogen and oxygen atoms in total. The van der Waals surface area contributed by atoms with Gasteiger partial charge in [0.1, 0.15) is 11.3 Å². The van der Waals surface area contributed by atoms with Crippen LogP contribution < -0.4 is 0 Å². The van der Waals surface area contributed by atoms with Crippen molar-refractivity contribution < 1.29 is 14.1 Å². The van der Waals surface area contributed by atoms with Crippen molar-refractivity contribution in [2.45, 2.75) is 33.1 Å². The average Bonchev–Trinajstić information content (AvgIpc) is 2.80. The molecule has 0 unspecified atom stereocenters. The maximum atomic E-state index is 12.2. The number of nitro benzene ring substituents is 1. The fourth-order valence-electron chi connectivity index (χ4n) is 2.12. The minimum absolute atomic E-state index is 0.0126. The Hall–Kier alpha value is -2.24. The summed E-state index contributed by atoms with van der Waals surface area (Å²) < 4.78 is 5.58. The summed E-state index contributed by atoms with van der Waals surface area (Å²) in [4.78, 5) is 26.7. The Kier molecular flexibility index (Phi) is 3.33. The van der Waals surface area contributed by atoms with Crippen LogP contribution in [0.2, 0.25) is 0 Å². The summed E-state index contributed by atoms with van der Waals surface area (Å²) in [5, 5.41) is 10.7. The predicted molar refractivity (Wildman–Crippen MR) is 73.5 cm³/mol. The number of benzene rings is 1. The molecule has 0 atom stereocenters. The lowest BCUT2D eigenvalue weighted by Gasteiger charge is -2.21. The van der Waals surface area contributed by atoms with E-state index in [1.807, 2.05) is 13.8 Å². The normalized spacial score (nSPS) is 12.1. The third-order valence-corrected chi connectivity index (χ3v) is 3.26. The summed E-state index contributed by atoms with van der Waals surface area (Å²) in [6.07, 6.45) is 0. The number of ketones is 1. The number of fused-ring (bicyclic) bond motifs is 1. The number of aromatic nitrogens is 1. The molecule has 0 fully saturated rings. The third kappa shape index (κ3) is 2.29. The highest BCUT2D eigenvalue weighted by atomic mass is 16.6. The fraction of sp³-hybridized carbons (Fsp3) is 0.429. The van der Waals surface area contributed by atoms with Gasteiger partial charge in [-0.15, -0.1) is 0 Å². The molecule has 6 heteroatoms. The van der Waals surface area contributed by atoms with Gasteiger partial charge in [0.2, 0.25) is 5.89 Å². The maximum Gasteiger partial charge on any atom is 0.271 e. The molecule has 0 N–H and O–H groups in total. The number of hydrogen-bond acceptors (Lipinski definition) is 5. The van der Waals surface area contributed by atoms with E-state index in [0.717, 1.165) is 0 Å². The van der Waals surface area contributed by atoms with Crippen LogP contribution in [0.1, 0.15) is 33.6 Å². The molecule has 1 aromatic heterocycles. The number of rotatable bonds is 4. The van der Waals surface area contributed by atoms with E-state index in [2.05, 4.69) is 4.98 Å². The topological polar surface area (TPSA) is 86.2 Å². The van der Waals surface area contributed by atoms with Crippen molar-refractivity contribution in [1.29, 1.82) is 0 Å². The number of carbonyl (C=O) groups is 1. The van der Waals surface area contributed by atoms with Crippen LogP contribution in [0.4, 0.5) is 5.69 Å². The molecule has 1 heterocycles. The largest absolute Gasteiger partial charge is 0.440 e. The number of hydrogen-bond donors (Lipinski definition) is 0. The molecule has 0 aliphatic carbocycles. The van der Waals surface area contributed by atoms with Gasteiger partial charge < -0.3 is 4.42 Å². The van der Waals surface area contributed by atoms with Crippen molar-refractivity contribution in [3.63, 3.8) is 0 Å². The Labute approximate surface area is 115 Å². The van der Waals surface area contributed by atoms with Gasteiger partial charge in [0.05, 0.1) is 10.3 Å². The number of Topliss-reactive ketones (excluding diaryl/α,β-unsaturated/α-hetero) is 1. The first-order valence-corrected chi connectivity index (χ1v) is 6.33. The van der Waals surface area contributed by atoms with Crippen LogP contribution in [-0.2, 0) is 10.2 Å². The Balaban J connectivity index is 2.51. The van der Waals surface area contributed by atoms with E-state index in [0.29, 0.717) is 11.1 Å². The van der Waals surface area contributed by atoms with Gasteiger partial charge in [-0.1, -0.05) is 13.8 Å². The molecule has 0 amide bonds. The number of oxazole rings is 1. The molecular formula is C14H16N2O4. The van der Waals surface area contributed by atoms with Crippen LogP contribution in [0, 0.1) is 16.0 Å². The molecule has 20 heavy (non-hydrogen) atoms. The quantitative estimate of drug-likeness (QED) is 0.632. The van der Waals surface area contributed by atoms with Gasteiger partial charge in [0.15, 0.2) is 5.58 Å². The molecule has 2 aromatic rings. The third-order valence-electron chi connectivity index (χ3n) is 3.26. The van der Waals surface area contributed by atoms with Gasteiger partial charge in [0, 0.05) is 18.1 Å². The Morgan fingerprint density at radius 3 is 2.60 bits per heavy atom. The van der Waals surface area contributed by atoms with Gasteiger partial charge in [-0.2, -0.15) is 0 Å². The summed E-state index contributed by atoms with van der Waals surface area (Å²) in [5.74, 6) is 0.152. The van der Waals surface area contributed by atoms with Gasteiger partial charge in [-0.05, 0) is 19.9 Å². The van der Waals surface area contributed by atoms with Crippen molar-refractivity contribution >= 4 is 22.6 Å². The standard InChI is InChI=1S/C14H16N2O4/c1-8(2)12(17)14(3,4)13-15-10-7-9(16(18)19)5-6-11(10)20-13/h5-8H,1-4H3. The zero-order valence-electron chi connectivity index (χ0n) is 11.8. The lowest BCUT2D eigenvalue weighted by molar-refractivity contribution is -0.384. The SMILES string of the molecule is CC(C)C(=O)C(C)(C)c1nc2cc([N+](=O)[O-])ccc2o1. The first kappa shape index (κ1) is 14.2. The van der Waals surface area contributed by atoms with E-state index in [4.69, 9.17) is 4.42 Å². The second kappa shape index (κ2) is 4.70. The molecule has 0 bridgehead atoms. The predicted octanol–water partition coefficient (Wildman–Crippen LogP) is 3.24. The highest BCUT2D eigenvalue weighted by Crippen LogP contribution is 2.30. The van der Waals surface area contributed by atoms with Crippen LogP contribution in [0.25, 0.3) is 11.1 Å². The molecule has 0 saturated carbocycles. The summed E-state index contributed by atoms with van der Waals surface area (Å²) in [6.45, 7) is 7.12. The summed E-state index contributed by atoms with van der Waals surface area (Å²) in [7, 11) is 0. The monoisotopic (exact) mass is 276 g/mol. The van der Waals surface area contributed by atoms with Crippen LogP contribution in [0.15, 0.2) is 22.6 Å². The van der Waals surface area contributed by atoms with Gasteiger partial charge >= 0.3 is 0 Å². The zero-order chi connectivity index (χ0) is 15.1. The summed E-state index contributed by atoms with van der Waals surface area (Å²) in [6, 6.07) is 4.20. The maximum absolute atomic E-state index is 12.2. The van der Waals surface area contributed by atoms with Crippen molar-refractivity contribution in [3.8, 4) is 0 Å². The zero-order valence-corrected chi connectivity index (χ0v) is 11.8. The van der Waals surface area contributed by atoms with E-state index < -0.39 is 10.3 Å². The molecule has 0 spiro atoms.